The van der Waals surface area contributed by atoms with Crippen molar-refractivity contribution in [2.75, 3.05) is 12.3 Å². The van der Waals surface area contributed by atoms with E-state index in [-0.39, 0.29) is 0 Å². The van der Waals surface area contributed by atoms with Gasteiger partial charge in [-0.05, 0) is 27.6 Å². The van der Waals surface area contributed by atoms with Gasteiger partial charge in [0, 0.05) is 25.0 Å². The molecule has 0 spiro atoms. The number of halogens is 2. The molecule has 0 saturated carbocycles. The smallest absolute Gasteiger partial charge is 0.227 e. The van der Waals surface area contributed by atoms with Gasteiger partial charge in [-0.3, -0.25) is 0 Å². The number of nitrogens with zero attached hydrogens (tertiary/aromatic N) is 1. The van der Waals surface area contributed by atoms with Crippen LogP contribution in [0.15, 0.2) is 16.7 Å². The molecule has 1 rings (SSSR count). The van der Waals surface area contributed by atoms with Crippen molar-refractivity contribution in [2.24, 2.45) is 0 Å². The van der Waals surface area contributed by atoms with Gasteiger partial charge in [0.25, 0.3) is 0 Å². The van der Waals surface area contributed by atoms with E-state index in [1.165, 1.54) is 6.20 Å². The molecule has 0 aromatic carbocycles. The second-order valence-corrected chi connectivity index (χ2v) is 3.82. The summed E-state index contributed by atoms with van der Waals surface area (Å²) in [5.41, 5.74) is 0.954. The third kappa shape index (κ3) is 3.62. The van der Waals surface area contributed by atoms with Gasteiger partial charge in [0.05, 0.1) is 4.47 Å². The molecule has 0 bridgehead atoms. The highest BCUT2D eigenvalue weighted by Gasteiger charge is 2.00. The summed E-state index contributed by atoms with van der Waals surface area (Å²) in [6, 6.07) is 1.72. The minimum atomic E-state index is -0.474. The van der Waals surface area contributed by atoms with E-state index in [2.05, 4.69) is 38.9 Å². The average Bonchev–Trinajstić information content (AvgIpc) is 2.12. The molecule has 1 heterocycles. The average molecular weight is 265 g/mol. The number of nitrogens with one attached hydrogen (secondary N) is 1. The molecule has 0 saturated heterocycles. The van der Waals surface area contributed by atoms with Crippen LogP contribution in [-0.2, 0) is 6.54 Å². The number of pyridine rings is 1. The Balaban J connectivity index is 2.53. The molecule has 1 aromatic rings. The Morgan fingerprint density at radius 2 is 2.38 bits per heavy atom. The fourth-order valence-electron chi connectivity index (χ4n) is 0.869. The van der Waals surface area contributed by atoms with E-state index < -0.39 is 5.95 Å². The van der Waals surface area contributed by atoms with Crippen molar-refractivity contribution >= 4 is 28.6 Å². The van der Waals surface area contributed by atoms with Crippen molar-refractivity contribution in [3.05, 3.63) is 28.2 Å². The van der Waals surface area contributed by atoms with Crippen molar-refractivity contribution in [2.45, 2.75) is 6.54 Å². The maximum atomic E-state index is 12.7. The van der Waals surface area contributed by atoms with E-state index in [9.17, 15) is 4.39 Å². The van der Waals surface area contributed by atoms with Gasteiger partial charge in [-0.2, -0.15) is 17.0 Å². The third-order valence-corrected chi connectivity index (χ3v) is 2.25. The molecule has 1 aromatic heterocycles. The standard InChI is InChI=1S/C8H10BrFN2S/c9-7-3-6(4-11-1-2-13)5-12-8(7)10/h3,5,11,13H,1-2,4H2. The van der Waals surface area contributed by atoms with E-state index in [0.29, 0.717) is 11.0 Å². The first kappa shape index (κ1) is 10.9. The van der Waals surface area contributed by atoms with Gasteiger partial charge in [0.15, 0.2) is 0 Å². The molecular formula is C8H10BrFN2S. The van der Waals surface area contributed by atoms with Crippen LogP contribution < -0.4 is 5.32 Å². The van der Waals surface area contributed by atoms with Gasteiger partial charge < -0.3 is 5.32 Å². The SMILES string of the molecule is Fc1ncc(CNCCS)cc1Br. The second-order valence-electron chi connectivity index (χ2n) is 2.52. The summed E-state index contributed by atoms with van der Waals surface area (Å²) in [5, 5.41) is 3.14. The lowest BCUT2D eigenvalue weighted by Crippen LogP contribution is -2.15. The lowest BCUT2D eigenvalue weighted by molar-refractivity contribution is 0.573. The van der Waals surface area contributed by atoms with Gasteiger partial charge in [-0.25, -0.2) is 4.98 Å². The Labute approximate surface area is 90.5 Å². The predicted molar refractivity (Wildman–Crippen MR) is 57.5 cm³/mol. The minimum absolute atomic E-state index is 0.401. The maximum absolute atomic E-state index is 12.7. The summed E-state index contributed by atoms with van der Waals surface area (Å²) < 4.78 is 13.1. The van der Waals surface area contributed by atoms with Crippen LogP contribution >= 0.6 is 28.6 Å². The molecule has 0 aliphatic heterocycles. The normalized spacial score (nSPS) is 10.4. The van der Waals surface area contributed by atoms with Gasteiger partial charge in [0.2, 0.25) is 5.95 Å². The number of hydrogen-bond acceptors (Lipinski definition) is 3. The number of aromatic nitrogens is 1. The van der Waals surface area contributed by atoms with E-state index in [0.717, 1.165) is 17.9 Å². The van der Waals surface area contributed by atoms with Crippen LogP contribution in [0.3, 0.4) is 0 Å². The van der Waals surface area contributed by atoms with E-state index >= 15 is 0 Å². The van der Waals surface area contributed by atoms with Gasteiger partial charge in [-0.1, -0.05) is 0 Å². The van der Waals surface area contributed by atoms with Crippen LogP contribution in [0, 0.1) is 5.95 Å². The monoisotopic (exact) mass is 264 g/mol. The third-order valence-electron chi connectivity index (χ3n) is 1.47. The summed E-state index contributed by atoms with van der Waals surface area (Å²) in [6.45, 7) is 1.52. The predicted octanol–water partition coefficient (Wildman–Crippen LogP) is 2.00. The molecule has 0 radical (unpaired) electrons. The van der Waals surface area contributed by atoms with Crippen molar-refractivity contribution in [1.82, 2.24) is 10.3 Å². The lowest BCUT2D eigenvalue weighted by Gasteiger charge is -2.02. The van der Waals surface area contributed by atoms with Gasteiger partial charge in [-0.15, -0.1) is 0 Å². The molecule has 0 aliphatic rings. The molecule has 0 unspecified atom stereocenters. The summed E-state index contributed by atoms with van der Waals surface area (Å²) in [5.74, 6) is 0.313. The van der Waals surface area contributed by atoms with Crippen LogP contribution in [0.2, 0.25) is 0 Å². The fourth-order valence-corrected chi connectivity index (χ4v) is 1.42. The Kier molecular flexibility index (Phi) is 4.69. The molecule has 13 heavy (non-hydrogen) atoms. The minimum Gasteiger partial charge on any atom is -0.312 e. The van der Waals surface area contributed by atoms with Gasteiger partial charge in [0.1, 0.15) is 0 Å². The van der Waals surface area contributed by atoms with Crippen molar-refractivity contribution in [3.8, 4) is 0 Å². The molecule has 0 aliphatic carbocycles. The molecule has 5 heteroatoms. The molecule has 72 valence electrons. The van der Waals surface area contributed by atoms with Crippen molar-refractivity contribution < 1.29 is 4.39 Å². The summed E-state index contributed by atoms with van der Waals surface area (Å²) in [4.78, 5) is 3.58. The highest BCUT2D eigenvalue weighted by Crippen LogP contribution is 2.13. The number of thiol groups is 1. The van der Waals surface area contributed by atoms with E-state index in [1.54, 1.807) is 6.07 Å². The molecule has 1 N–H and O–H groups in total. The van der Waals surface area contributed by atoms with Gasteiger partial charge >= 0.3 is 0 Å². The zero-order valence-electron chi connectivity index (χ0n) is 6.93. The van der Waals surface area contributed by atoms with Crippen LogP contribution in [0.25, 0.3) is 0 Å². The first-order chi connectivity index (χ1) is 6.24. The van der Waals surface area contributed by atoms with E-state index in [1.807, 2.05) is 0 Å². The maximum Gasteiger partial charge on any atom is 0.227 e. The highest BCUT2D eigenvalue weighted by atomic mass is 79.9. The van der Waals surface area contributed by atoms with Crippen molar-refractivity contribution in [3.63, 3.8) is 0 Å². The zero-order valence-corrected chi connectivity index (χ0v) is 9.41. The van der Waals surface area contributed by atoms with Crippen LogP contribution in [0.1, 0.15) is 5.56 Å². The first-order valence-corrected chi connectivity index (χ1v) is 5.28. The Bertz CT molecular complexity index is 283. The summed E-state index contributed by atoms with van der Waals surface area (Å²) in [6.07, 6.45) is 1.52. The van der Waals surface area contributed by atoms with Crippen LogP contribution in [0.5, 0.6) is 0 Å². The highest BCUT2D eigenvalue weighted by molar-refractivity contribution is 9.10. The Hall–Kier alpha value is -0.130. The van der Waals surface area contributed by atoms with Crippen LogP contribution in [-0.4, -0.2) is 17.3 Å². The zero-order chi connectivity index (χ0) is 9.68. The molecule has 2 nitrogen and oxygen atoms in total. The summed E-state index contributed by atoms with van der Waals surface area (Å²) >= 11 is 7.13. The lowest BCUT2D eigenvalue weighted by atomic mass is 10.3. The number of hydrogen-bond donors (Lipinski definition) is 2. The Morgan fingerprint density at radius 1 is 1.62 bits per heavy atom. The quantitative estimate of drug-likeness (QED) is 0.494. The molecule has 0 amide bonds. The topological polar surface area (TPSA) is 24.9 Å². The second kappa shape index (κ2) is 5.57. The first-order valence-electron chi connectivity index (χ1n) is 3.85. The number of rotatable bonds is 4. The Morgan fingerprint density at radius 3 is 3.00 bits per heavy atom. The summed E-state index contributed by atoms with van der Waals surface area (Å²) in [7, 11) is 0. The van der Waals surface area contributed by atoms with E-state index in [4.69, 9.17) is 0 Å². The van der Waals surface area contributed by atoms with Crippen molar-refractivity contribution in [1.29, 1.82) is 0 Å². The molecule has 0 atom stereocenters. The molecular weight excluding hydrogens is 255 g/mol. The fraction of sp³-hybridized carbons (Fsp3) is 0.375. The largest absolute Gasteiger partial charge is 0.312 e. The molecule has 0 fully saturated rings. The van der Waals surface area contributed by atoms with Crippen LogP contribution in [0.4, 0.5) is 4.39 Å².